The highest BCUT2D eigenvalue weighted by atomic mass is 35.5. The summed E-state index contributed by atoms with van der Waals surface area (Å²) in [6.07, 6.45) is 3.00. The van der Waals surface area contributed by atoms with Crippen LogP contribution >= 0.6 is 11.6 Å². The van der Waals surface area contributed by atoms with Crippen LogP contribution in [0.1, 0.15) is 30.4 Å². The van der Waals surface area contributed by atoms with Crippen molar-refractivity contribution < 1.29 is 4.79 Å². The number of hydrogen-bond donors (Lipinski definition) is 0. The second-order valence-electron chi connectivity index (χ2n) is 4.50. The molecule has 2 aromatic rings. The molecule has 0 spiro atoms. The van der Waals surface area contributed by atoms with Crippen LogP contribution in [0.4, 0.5) is 0 Å². The third-order valence-corrected chi connectivity index (χ3v) is 3.64. The molecule has 1 nitrogen and oxygen atoms in total. The number of halogens is 1. The third-order valence-electron chi connectivity index (χ3n) is 3.31. The molecule has 0 fully saturated rings. The van der Waals surface area contributed by atoms with E-state index in [4.69, 9.17) is 11.6 Å². The Hall–Kier alpha value is -1.34. The molecule has 0 aliphatic carbocycles. The number of fused-ring (bicyclic) bond motifs is 1. The van der Waals surface area contributed by atoms with Gasteiger partial charge in [-0.3, -0.25) is 0 Å². The smallest absolute Gasteiger partial charge is 0.128 e. The molecule has 94 valence electrons. The lowest BCUT2D eigenvalue weighted by molar-refractivity contribution is -0.108. The fourth-order valence-corrected chi connectivity index (χ4v) is 2.66. The highest BCUT2D eigenvalue weighted by molar-refractivity contribution is 6.19. The number of benzene rings is 2. The van der Waals surface area contributed by atoms with E-state index in [1.807, 2.05) is 12.1 Å². The Morgan fingerprint density at radius 1 is 1.22 bits per heavy atom. The van der Waals surface area contributed by atoms with Gasteiger partial charge in [-0.25, -0.2) is 0 Å². The zero-order valence-electron chi connectivity index (χ0n) is 10.5. The van der Waals surface area contributed by atoms with Crippen LogP contribution in [0, 0.1) is 0 Å². The Labute approximate surface area is 113 Å². The van der Waals surface area contributed by atoms with Crippen LogP contribution in [0.2, 0.25) is 0 Å². The van der Waals surface area contributed by atoms with E-state index < -0.39 is 0 Å². The molecule has 0 saturated carbocycles. The van der Waals surface area contributed by atoms with E-state index in [1.165, 1.54) is 16.3 Å². The van der Waals surface area contributed by atoms with Crippen molar-refractivity contribution in [1.29, 1.82) is 0 Å². The number of carbonyl (C=O) groups is 1. The minimum absolute atomic E-state index is 0.196. The molecule has 0 amide bonds. The first kappa shape index (κ1) is 13.1. The summed E-state index contributed by atoms with van der Waals surface area (Å²) < 4.78 is 0. The lowest BCUT2D eigenvalue weighted by Gasteiger charge is -2.15. The van der Waals surface area contributed by atoms with Crippen LogP contribution in [0.3, 0.4) is 0 Å². The monoisotopic (exact) mass is 260 g/mol. The number of carbonyl (C=O) groups excluding carboxylic acids is 1. The van der Waals surface area contributed by atoms with E-state index >= 15 is 0 Å². The summed E-state index contributed by atoms with van der Waals surface area (Å²) in [5, 5.41) is 2.47. The summed E-state index contributed by atoms with van der Waals surface area (Å²) in [5.74, 6) is 0.149. The fourth-order valence-electron chi connectivity index (χ4n) is 2.42. The molecule has 0 heterocycles. The quantitative estimate of drug-likeness (QED) is 0.578. The topological polar surface area (TPSA) is 17.1 Å². The van der Waals surface area contributed by atoms with Crippen molar-refractivity contribution in [2.75, 3.05) is 5.88 Å². The summed E-state index contributed by atoms with van der Waals surface area (Å²) in [4.78, 5) is 11.1. The average molecular weight is 261 g/mol. The van der Waals surface area contributed by atoms with Gasteiger partial charge in [0.05, 0.1) is 5.92 Å². The molecule has 0 aromatic heterocycles. The summed E-state index contributed by atoms with van der Waals surface area (Å²) in [7, 11) is 0. The Kier molecular flexibility index (Phi) is 4.38. The first-order chi connectivity index (χ1) is 8.81. The van der Waals surface area contributed by atoms with Gasteiger partial charge in [0.1, 0.15) is 6.29 Å². The van der Waals surface area contributed by atoms with Gasteiger partial charge in [0.15, 0.2) is 0 Å². The third kappa shape index (κ3) is 2.41. The normalized spacial score (nSPS) is 12.6. The minimum Gasteiger partial charge on any atom is -0.303 e. The van der Waals surface area contributed by atoms with E-state index in [0.717, 1.165) is 24.7 Å². The van der Waals surface area contributed by atoms with E-state index in [0.29, 0.717) is 5.88 Å². The van der Waals surface area contributed by atoms with Crippen LogP contribution in [0.5, 0.6) is 0 Å². The maximum absolute atomic E-state index is 11.1. The molecule has 0 bridgehead atoms. The van der Waals surface area contributed by atoms with E-state index in [9.17, 15) is 4.79 Å². The summed E-state index contributed by atoms with van der Waals surface area (Å²) >= 11 is 5.89. The molecule has 1 unspecified atom stereocenters. The summed E-state index contributed by atoms with van der Waals surface area (Å²) in [6.45, 7) is 2.15. The number of aldehydes is 1. The lowest BCUT2D eigenvalue weighted by atomic mass is 9.90. The zero-order chi connectivity index (χ0) is 13.0. The molecule has 2 rings (SSSR count). The molecular weight excluding hydrogens is 244 g/mol. The zero-order valence-corrected chi connectivity index (χ0v) is 11.3. The van der Waals surface area contributed by atoms with E-state index in [1.54, 1.807) is 0 Å². The standard InChI is InChI=1S/C16H17ClO/c1-2-5-16-14-7-4-3-6-12(14)8-9-15(16)13(10-17)11-18/h3-4,6-9,11,13H,2,5,10H2,1H3. The van der Waals surface area contributed by atoms with Crippen molar-refractivity contribution in [3.63, 3.8) is 0 Å². The Morgan fingerprint density at radius 3 is 2.67 bits per heavy atom. The van der Waals surface area contributed by atoms with Crippen LogP contribution < -0.4 is 0 Å². The first-order valence-electron chi connectivity index (χ1n) is 6.33. The van der Waals surface area contributed by atoms with Crippen molar-refractivity contribution >= 4 is 28.7 Å². The number of aryl methyl sites for hydroxylation is 1. The van der Waals surface area contributed by atoms with Gasteiger partial charge in [-0.05, 0) is 28.3 Å². The molecule has 18 heavy (non-hydrogen) atoms. The highest BCUT2D eigenvalue weighted by Crippen LogP contribution is 2.28. The van der Waals surface area contributed by atoms with Crippen molar-refractivity contribution in [1.82, 2.24) is 0 Å². The second-order valence-corrected chi connectivity index (χ2v) is 4.81. The minimum atomic E-state index is -0.196. The van der Waals surface area contributed by atoms with Crippen LogP contribution in [-0.2, 0) is 11.2 Å². The molecule has 2 heteroatoms. The highest BCUT2D eigenvalue weighted by Gasteiger charge is 2.15. The maximum atomic E-state index is 11.1. The largest absolute Gasteiger partial charge is 0.303 e. The maximum Gasteiger partial charge on any atom is 0.128 e. The number of rotatable bonds is 5. The van der Waals surface area contributed by atoms with Crippen LogP contribution in [0.15, 0.2) is 36.4 Å². The van der Waals surface area contributed by atoms with Crippen LogP contribution in [0.25, 0.3) is 10.8 Å². The van der Waals surface area contributed by atoms with E-state index in [2.05, 4.69) is 31.2 Å². The molecule has 0 N–H and O–H groups in total. The number of alkyl halides is 1. The van der Waals surface area contributed by atoms with Crippen molar-refractivity contribution in [3.8, 4) is 0 Å². The molecule has 0 saturated heterocycles. The van der Waals surface area contributed by atoms with Crippen molar-refractivity contribution in [2.24, 2.45) is 0 Å². The van der Waals surface area contributed by atoms with Crippen molar-refractivity contribution in [3.05, 3.63) is 47.5 Å². The second kappa shape index (κ2) is 6.01. The van der Waals surface area contributed by atoms with Gasteiger partial charge in [-0.15, -0.1) is 11.6 Å². The van der Waals surface area contributed by atoms with Gasteiger partial charge in [0, 0.05) is 5.88 Å². The predicted octanol–water partition coefficient (Wildman–Crippen LogP) is 4.31. The lowest BCUT2D eigenvalue weighted by Crippen LogP contribution is -2.06. The van der Waals surface area contributed by atoms with E-state index in [-0.39, 0.29) is 5.92 Å². The molecule has 2 aromatic carbocycles. The first-order valence-corrected chi connectivity index (χ1v) is 6.87. The summed E-state index contributed by atoms with van der Waals surface area (Å²) in [5.41, 5.74) is 2.36. The van der Waals surface area contributed by atoms with Crippen molar-refractivity contribution in [2.45, 2.75) is 25.7 Å². The predicted molar refractivity (Wildman–Crippen MR) is 77.5 cm³/mol. The van der Waals surface area contributed by atoms with Gasteiger partial charge in [-0.2, -0.15) is 0 Å². The van der Waals surface area contributed by atoms with Gasteiger partial charge in [0.25, 0.3) is 0 Å². The molecule has 0 aliphatic rings. The average Bonchev–Trinajstić information content (AvgIpc) is 2.42. The number of hydrogen-bond acceptors (Lipinski definition) is 1. The SMILES string of the molecule is CCCc1c(C(C=O)CCl)ccc2ccccc12. The Bertz CT molecular complexity index is 548. The van der Waals surface area contributed by atoms with Crippen LogP contribution in [-0.4, -0.2) is 12.2 Å². The van der Waals surface area contributed by atoms with Gasteiger partial charge in [0.2, 0.25) is 0 Å². The Balaban J connectivity index is 2.65. The van der Waals surface area contributed by atoms with Gasteiger partial charge >= 0.3 is 0 Å². The van der Waals surface area contributed by atoms with Gasteiger partial charge < -0.3 is 4.79 Å². The molecule has 1 atom stereocenters. The molecule has 0 aliphatic heterocycles. The molecular formula is C16H17ClO. The van der Waals surface area contributed by atoms with Gasteiger partial charge in [-0.1, -0.05) is 49.7 Å². The Morgan fingerprint density at radius 2 is 2.00 bits per heavy atom. The fraction of sp³-hybridized carbons (Fsp3) is 0.312. The summed E-state index contributed by atoms with van der Waals surface area (Å²) in [6, 6.07) is 12.4. The molecule has 0 radical (unpaired) electrons.